The summed E-state index contributed by atoms with van der Waals surface area (Å²) in [4.78, 5) is 12.8. The third-order valence-electron chi connectivity index (χ3n) is 4.90. The number of nitrogens with one attached hydrogen (secondary N) is 1. The zero-order valence-corrected chi connectivity index (χ0v) is 13.3. The first-order valence-electron chi connectivity index (χ1n) is 7.70. The van der Waals surface area contributed by atoms with E-state index in [1.54, 1.807) is 11.8 Å². The minimum atomic E-state index is -0.717. The number of fused-ring (bicyclic) bond motifs is 1. The van der Waals surface area contributed by atoms with E-state index in [0.717, 1.165) is 42.8 Å². The molecule has 2 N–H and O–H groups in total. The van der Waals surface area contributed by atoms with Crippen LogP contribution in [-0.4, -0.2) is 34.7 Å². The van der Waals surface area contributed by atoms with Crippen molar-refractivity contribution >= 4 is 17.7 Å². The Bertz CT molecular complexity index is 539. The molecule has 1 fully saturated rings. The summed E-state index contributed by atoms with van der Waals surface area (Å²) in [6.45, 7) is 2.41. The van der Waals surface area contributed by atoms with Crippen LogP contribution >= 0.6 is 11.8 Å². The van der Waals surface area contributed by atoms with Crippen molar-refractivity contribution in [2.45, 2.75) is 43.6 Å². The normalized spacial score (nSPS) is 31.7. The van der Waals surface area contributed by atoms with Crippen molar-refractivity contribution in [3.63, 3.8) is 0 Å². The van der Waals surface area contributed by atoms with Crippen LogP contribution in [0.3, 0.4) is 0 Å². The number of rotatable bonds is 3. The number of thioether (sulfide) groups is 1. The molecule has 1 amide bonds. The number of amides is 1. The summed E-state index contributed by atoms with van der Waals surface area (Å²) in [6.07, 6.45) is 3.74. The third-order valence-corrected chi connectivity index (χ3v) is 6.13. The molecule has 0 bridgehead atoms. The van der Waals surface area contributed by atoms with E-state index in [9.17, 15) is 9.90 Å². The van der Waals surface area contributed by atoms with Crippen LogP contribution in [-0.2, 0) is 16.6 Å². The molecule has 2 unspecified atom stereocenters. The van der Waals surface area contributed by atoms with Crippen LogP contribution < -0.4 is 5.32 Å². The number of benzene rings is 1. The minimum Gasteiger partial charge on any atom is -0.387 e. The predicted molar refractivity (Wildman–Crippen MR) is 86.6 cm³/mol. The van der Waals surface area contributed by atoms with Gasteiger partial charge in [-0.3, -0.25) is 4.79 Å². The fraction of sp³-hybridized carbons (Fsp3) is 0.588. The second-order valence-corrected chi connectivity index (χ2v) is 7.66. The van der Waals surface area contributed by atoms with Gasteiger partial charge in [0.1, 0.15) is 0 Å². The van der Waals surface area contributed by atoms with E-state index >= 15 is 0 Å². The SMILES string of the molecule is CC1(C(=O)NCC2(O)CCSC2)CCCc2ccccc21. The lowest BCUT2D eigenvalue weighted by molar-refractivity contribution is -0.127. The number of aryl methyl sites for hydroxylation is 1. The Morgan fingerprint density at radius 1 is 1.38 bits per heavy atom. The molecule has 3 nitrogen and oxygen atoms in total. The van der Waals surface area contributed by atoms with E-state index in [1.807, 2.05) is 19.1 Å². The monoisotopic (exact) mass is 305 g/mol. The fourth-order valence-corrected chi connectivity index (χ4v) is 4.75. The van der Waals surface area contributed by atoms with Crippen molar-refractivity contribution in [1.82, 2.24) is 5.32 Å². The van der Waals surface area contributed by atoms with E-state index in [2.05, 4.69) is 17.4 Å². The highest BCUT2D eigenvalue weighted by Gasteiger charge is 2.40. The molecule has 3 rings (SSSR count). The minimum absolute atomic E-state index is 0.0555. The summed E-state index contributed by atoms with van der Waals surface area (Å²) < 4.78 is 0. The zero-order chi connectivity index (χ0) is 14.9. The fourth-order valence-electron chi connectivity index (χ4n) is 3.46. The highest BCUT2D eigenvalue weighted by Crippen LogP contribution is 2.37. The summed E-state index contributed by atoms with van der Waals surface area (Å²) in [7, 11) is 0. The lowest BCUT2D eigenvalue weighted by atomic mass is 9.70. The Morgan fingerprint density at radius 2 is 2.19 bits per heavy atom. The van der Waals surface area contributed by atoms with Crippen LogP contribution in [0.5, 0.6) is 0 Å². The van der Waals surface area contributed by atoms with Gasteiger partial charge in [0.25, 0.3) is 0 Å². The topological polar surface area (TPSA) is 49.3 Å². The molecule has 1 heterocycles. The number of aliphatic hydroxyl groups is 1. The van der Waals surface area contributed by atoms with Gasteiger partial charge in [-0.05, 0) is 49.5 Å². The van der Waals surface area contributed by atoms with Gasteiger partial charge in [-0.25, -0.2) is 0 Å². The summed E-state index contributed by atoms with van der Waals surface area (Å²) >= 11 is 1.75. The van der Waals surface area contributed by atoms with E-state index in [4.69, 9.17) is 0 Å². The molecule has 0 spiro atoms. The first-order valence-corrected chi connectivity index (χ1v) is 8.86. The van der Waals surface area contributed by atoms with E-state index in [-0.39, 0.29) is 5.91 Å². The highest BCUT2D eigenvalue weighted by atomic mass is 32.2. The standard InChI is InChI=1S/C17H23NO2S/c1-16(8-4-6-13-5-2-3-7-14(13)16)15(19)18-11-17(20)9-10-21-12-17/h2-3,5,7,20H,4,6,8-12H2,1H3,(H,18,19). The van der Waals surface area contributed by atoms with Crippen molar-refractivity contribution in [3.8, 4) is 0 Å². The number of carbonyl (C=O) groups is 1. The zero-order valence-electron chi connectivity index (χ0n) is 12.5. The Balaban J connectivity index is 1.75. The van der Waals surface area contributed by atoms with E-state index in [1.165, 1.54) is 5.56 Å². The maximum atomic E-state index is 12.8. The largest absolute Gasteiger partial charge is 0.387 e. The van der Waals surface area contributed by atoms with Crippen LogP contribution in [0.2, 0.25) is 0 Å². The average Bonchev–Trinajstić information content (AvgIpc) is 2.92. The second-order valence-electron chi connectivity index (χ2n) is 6.55. The Labute approximate surface area is 130 Å². The van der Waals surface area contributed by atoms with Crippen molar-refractivity contribution in [1.29, 1.82) is 0 Å². The van der Waals surface area contributed by atoms with Crippen molar-refractivity contribution in [2.24, 2.45) is 0 Å². The molecule has 21 heavy (non-hydrogen) atoms. The van der Waals surface area contributed by atoms with Gasteiger partial charge in [0.2, 0.25) is 5.91 Å². The van der Waals surface area contributed by atoms with E-state index in [0.29, 0.717) is 6.54 Å². The van der Waals surface area contributed by atoms with Gasteiger partial charge in [0, 0.05) is 12.3 Å². The molecule has 2 atom stereocenters. The van der Waals surface area contributed by atoms with Crippen molar-refractivity contribution in [2.75, 3.05) is 18.1 Å². The average molecular weight is 305 g/mol. The van der Waals surface area contributed by atoms with Gasteiger partial charge in [-0.1, -0.05) is 24.3 Å². The molecular weight excluding hydrogens is 282 g/mol. The van der Waals surface area contributed by atoms with Gasteiger partial charge in [0.15, 0.2) is 0 Å². The molecule has 0 aromatic heterocycles. The van der Waals surface area contributed by atoms with Crippen molar-refractivity contribution in [3.05, 3.63) is 35.4 Å². The lowest BCUT2D eigenvalue weighted by Gasteiger charge is -2.35. The van der Waals surface area contributed by atoms with Gasteiger partial charge >= 0.3 is 0 Å². The molecule has 114 valence electrons. The molecule has 2 aliphatic rings. The summed E-state index contributed by atoms with van der Waals surface area (Å²) in [5.41, 5.74) is 1.26. The van der Waals surface area contributed by atoms with Crippen LogP contribution in [0.1, 0.15) is 37.3 Å². The number of hydrogen-bond acceptors (Lipinski definition) is 3. The molecule has 1 aromatic rings. The van der Waals surface area contributed by atoms with Crippen LogP contribution in [0.15, 0.2) is 24.3 Å². The lowest BCUT2D eigenvalue weighted by Crippen LogP contribution is -2.50. The Morgan fingerprint density at radius 3 is 2.95 bits per heavy atom. The Kier molecular flexibility index (Phi) is 4.02. The maximum Gasteiger partial charge on any atom is 0.230 e. The van der Waals surface area contributed by atoms with Gasteiger partial charge in [-0.2, -0.15) is 11.8 Å². The highest BCUT2D eigenvalue weighted by molar-refractivity contribution is 7.99. The summed E-state index contributed by atoms with van der Waals surface area (Å²) in [5.74, 6) is 1.76. The maximum absolute atomic E-state index is 12.8. The van der Waals surface area contributed by atoms with Gasteiger partial charge < -0.3 is 10.4 Å². The first kappa shape index (κ1) is 14.9. The summed E-state index contributed by atoms with van der Waals surface area (Å²) in [5, 5.41) is 13.4. The molecule has 0 saturated carbocycles. The summed E-state index contributed by atoms with van der Waals surface area (Å²) in [6, 6.07) is 8.26. The third kappa shape index (κ3) is 2.84. The molecule has 0 radical (unpaired) electrons. The van der Waals surface area contributed by atoms with Crippen molar-refractivity contribution < 1.29 is 9.90 Å². The second kappa shape index (κ2) is 5.65. The number of hydrogen-bond donors (Lipinski definition) is 2. The van der Waals surface area contributed by atoms with Gasteiger partial charge in [-0.15, -0.1) is 0 Å². The quantitative estimate of drug-likeness (QED) is 0.900. The molecule has 1 saturated heterocycles. The Hall–Kier alpha value is -1.00. The molecule has 1 aliphatic carbocycles. The molecule has 1 aliphatic heterocycles. The van der Waals surface area contributed by atoms with Crippen LogP contribution in [0.25, 0.3) is 0 Å². The van der Waals surface area contributed by atoms with Crippen LogP contribution in [0.4, 0.5) is 0 Å². The van der Waals surface area contributed by atoms with Crippen LogP contribution in [0, 0.1) is 0 Å². The number of carbonyl (C=O) groups excluding carboxylic acids is 1. The molecule has 4 heteroatoms. The van der Waals surface area contributed by atoms with E-state index < -0.39 is 11.0 Å². The smallest absolute Gasteiger partial charge is 0.230 e. The molecule has 1 aromatic carbocycles. The predicted octanol–water partition coefficient (Wildman–Crippen LogP) is 2.26. The van der Waals surface area contributed by atoms with Gasteiger partial charge in [0.05, 0.1) is 11.0 Å². The molecular formula is C17H23NO2S. The first-order chi connectivity index (χ1) is 10.0.